The minimum absolute atomic E-state index is 0.329. The van der Waals surface area contributed by atoms with Gasteiger partial charge in [0.05, 0.1) is 11.2 Å². The van der Waals surface area contributed by atoms with Crippen LogP contribution in [-0.4, -0.2) is 33.3 Å². The normalized spacial score (nSPS) is 19.7. The molecule has 2 heterocycles. The largest absolute Gasteiger partial charge is 0.494 e. The summed E-state index contributed by atoms with van der Waals surface area (Å²) in [5.74, 6) is 0.658. The highest BCUT2D eigenvalue weighted by atomic mass is 16.7. The van der Waals surface area contributed by atoms with E-state index in [0.29, 0.717) is 5.82 Å². The molecule has 6 heteroatoms. The Kier molecular flexibility index (Phi) is 3.30. The van der Waals surface area contributed by atoms with Gasteiger partial charge < -0.3 is 9.31 Å². The molecule has 0 bridgehead atoms. The molecule has 0 aliphatic carbocycles. The summed E-state index contributed by atoms with van der Waals surface area (Å²) in [6.07, 6.45) is 2.98. The zero-order chi connectivity index (χ0) is 15.1. The molecule has 1 aliphatic heterocycles. The molecular weight excluding hydrogens is 265 g/mol. The molecule has 0 spiro atoms. The SMILES string of the molecule is CC1(C)OB(c2ccc(-c3ncncn3)cc2)OC1(C)C. The van der Waals surface area contributed by atoms with E-state index in [-0.39, 0.29) is 18.3 Å². The number of aromatic nitrogens is 3. The summed E-state index contributed by atoms with van der Waals surface area (Å²) in [7, 11) is -0.345. The van der Waals surface area contributed by atoms with E-state index in [2.05, 4.69) is 15.0 Å². The van der Waals surface area contributed by atoms with Gasteiger partial charge >= 0.3 is 7.12 Å². The van der Waals surface area contributed by atoms with E-state index in [0.717, 1.165) is 11.0 Å². The Labute approximate surface area is 124 Å². The highest BCUT2D eigenvalue weighted by molar-refractivity contribution is 6.62. The lowest BCUT2D eigenvalue weighted by molar-refractivity contribution is 0.00578. The Hall–Kier alpha value is -1.79. The molecular formula is C15H18BN3O2. The van der Waals surface area contributed by atoms with Gasteiger partial charge in [0.15, 0.2) is 5.82 Å². The molecule has 5 nitrogen and oxygen atoms in total. The predicted octanol–water partition coefficient (Wildman–Crippen LogP) is 1.84. The minimum atomic E-state index is -0.345. The van der Waals surface area contributed by atoms with Gasteiger partial charge in [0.1, 0.15) is 12.7 Å². The lowest BCUT2D eigenvalue weighted by Crippen LogP contribution is -2.41. The van der Waals surface area contributed by atoms with Crippen molar-refractivity contribution in [3.8, 4) is 11.4 Å². The van der Waals surface area contributed by atoms with Crippen LogP contribution in [0.25, 0.3) is 11.4 Å². The highest BCUT2D eigenvalue weighted by Gasteiger charge is 2.51. The predicted molar refractivity (Wildman–Crippen MR) is 81.0 cm³/mol. The van der Waals surface area contributed by atoms with E-state index in [9.17, 15) is 0 Å². The van der Waals surface area contributed by atoms with Crippen LogP contribution < -0.4 is 5.46 Å². The molecule has 2 aromatic rings. The molecule has 1 fully saturated rings. The Morgan fingerprint density at radius 3 is 1.90 bits per heavy atom. The van der Waals surface area contributed by atoms with Crippen LogP contribution in [0.3, 0.4) is 0 Å². The zero-order valence-corrected chi connectivity index (χ0v) is 12.7. The fourth-order valence-electron chi connectivity index (χ4n) is 2.16. The first-order chi connectivity index (χ1) is 9.89. The van der Waals surface area contributed by atoms with E-state index in [1.807, 2.05) is 52.0 Å². The number of hydrogen-bond donors (Lipinski definition) is 0. The van der Waals surface area contributed by atoms with E-state index in [4.69, 9.17) is 9.31 Å². The molecule has 21 heavy (non-hydrogen) atoms. The zero-order valence-electron chi connectivity index (χ0n) is 12.7. The van der Waals surface area contributed by atoms with Crippen LogP contribution in [-0.2, 0) is 9.31 Å². The molecule has 0 N–H and O–H groups in total. The van der Waals surface area contributed by atoms with Crippen LogP contribution in [0.15, 0.2) is 36.9 Å². The fourth-order valence-corrected chi connectivity index (χ4v) is 2.16. The monoisotopic (exact) mass is 283 g/mol. The van der Waals surface area contributed by atoms with Crippen molar-refractivity contribution in [2.24, 2.45) is 0 Å². The summed E-state index contributed by atoms with van der Waals surface area (Å²) in [5, 5.41) is 0. The Morgan fingerprint density at radius 1 is 0.857 bits per heavy atom. The van der Waals surface area contributed by atoms with E-state index < -0.39 is 0 Å². The maximum absolute atomic E-state index is 6.03. The van der Waals surface area contributed by atoms with Crippen molar-refractivity contribution >= 4 is 12.6 Å². The third kappa shape index (κ3) is 2.56. The quantitative estimate of drug-likeness (QED) is 0.787. The van der Waals surface area contributed by atoms with Crippen molar-refractivity contribution in [1.82, 2.24) is 15.0 Å². The van der Waals surface area contributed by atoms with Gasteiger partial charge in [0, 0.05) is 5.56 Å². The summed E-state index contributed by atoms with van der Waals surface area (Å²) in [4.78, 5) is 12.1. The standard InChI is InChI=1S/C15H18BN3O2/c1-14(2)15(3,4)21-16(20-14)12-7-5-11(6-8-12)13-18-9-17-10-19-13/h5-10H,1-4H3. The Bertz CT molecular complexity index is 613. The van der Waals surface area contributed by atoms with E-state index >= 15 is 0 Å². The lowest BCUT2D eigenvalue weighted by Gasteiger charge is -2.32. The van der Waals surface area contributed by atoms with Gasteiger partial charge in [-0.2, -0.15) is 0 Å². The first kappa shape index (κ1) is 14.2. The Morgan fingerprint density at radius 2 is 1.38 bits per heavy atom. The summed E-state index contributed by atoms with van der Waals surface area (Å²) < 4.78 is 12.1. The van der Waals surface area contributed by atoms with Crippen molar-refractivity contribution in [2.75, 3.05) is 0 Å². The second-order valence-electron chi connectivity index (χ2n) is 6.17. The van der Waals surface area contributed by atoms with Gasteiger partial charge in [-0.3, -0.25) is 0 Å². The molecule has 0 atom stereocenters. The Balaban J connectivity index is 1.83. The molecule has 3 rings (SSSR count). The number of rotatable bonds is 2. The topological polar surface area (TPSA) is 57.1 Å². The van der Waals surface area contributed by atoms with Crippen LogP contribution >= 0.6 is 0 Å². The van der Waals surface area contributed by atoms with Crippen LogP contribution in [0.4, 0.5) is 0 Å². The van der Waals surface area contributed by atoms with Gasteiger partial charge in [-0.1, -0.05) is 24.3 Å². The van der Waals surface area contributed by atoms with E-state index in [1.54, 1.807) is 0 Å². The maximum Gasteiger partial charge on any atom is 0.494 e. The third-order valence-corrected chi connectivity index (χ3v) is 4.19. The van der Waals surface area contributed by atoms with Crippen LogP contribution in [0, 0.1) is 0 Å². The summed E-state index contributed by atoms with van der Waals surface area (Å²) in [6.45, 7) is 8.19. The number of hydrogen-bond acceptors (Lipinski definition) is 5. The smallest absolute Gasteiger partial charge is 0.399 e. The van der Waals surface area contributed by atoms with Crippen molar-refractivity contribution in [1.29, 1.82) is 0 Å². The van der Waals surface area contributed by atoms with Crippen LogP contribution in [0.5, 0.6) is 0 Å². The first-order valence-electron chi connectivity index (χ1n) is 6.97. The highest BCUT2D eigenvalue weighted by Crippen LogP contribution is 2.36. The van der Waals surface area contributed by atoms with Gasteiger partial charge in [-0.25, -0.2) is 15.0 Å². The lowest BCUT2D eigenvalue weighted by atomic mass is 9.79. The van der Waals surface area contributed by atoms with Gasteiger partial charge in [0.25, 0.3) is 0 Å². The molecule has 0 amide bonds. The fraction of sp³-hybridized carbons (Fsp3) is 0.400. The molecule has 0 radical (unpaired) electrons. The average Bonchev–Trinajstić information content (AvgIpc) is 2.69. The summed E-state index contributed by atoms with van der Waals surface area (Å²) in [6, 6.07) is 7.91. The van der Waals surface area contributed by atoms with Gasteiger partial charge in [0.2, 0.25) is 0 Å². The van der Waals surface area contributed by atoms with E-state index in [1.165, 1.54) is 12.7 Å². The van der Waals surface area contributed by atoms with Crippen LogP contribution in [0.2, 0.25) is 0 Å². The molecule has 1 aromatic heterocycles. The molecule has 0 unspecified atom stereocenters. The summed E-state index contributed by atoms with van der Waals surface area (Å²) in [5.41, 5.74) is 1.28. The second kappa shape index (κ2) is 4.89. The maximum atomic E-state index is 6.03. The van der Waals surface area contributed by atoms with Crippen molar-refractivity contribution in [3.63, 3.8) is 0 Å². The van der Waals surface area contributed by atoms with Gasteiger partial charge in [-0.15, -0.1) is 0 Å². The molecule has 1 aliphatic rings. The van der Waals surface area contributed by atoms with Crippen LogP contribution in [0.1, 0.15) is 27.7 Å². The first-order valence-corrected chi connectivity index (χ1v) is 6.97. The summed E-state index contributed by atoms with van der Waals surface area (Å²) >= 11 is 0. The third-order valence-electron chi connectivity index (χ3n) is 4.19. The van der Waals surface area contributed by atoms with Gasteiger partial charge in [-0.05, 0) is 33.2 Å². The second-order valence-corrected chi connectivity index (χ2v) is 6.17. The molecule has 1 aromatic carbocycles. The van der Waals surface area contributed by atoms with Crippen molar-refractivity contribution in [2.45, 2.75) is 38.9 Å². The number of benzene rings is 1. The van der Waals surface area contributed by atoms with Crippen molar-refractivity contribution < 1.29 is 9.31 Å². The average molecular weight is 283 g/mol. The molecule has 0 saturated carbocycles. The van der Waals surface area contributed by atoms with Crippen molar-refractivity contribution in [3.05, 3.63) is 36.9 Å². The molecule has 1 saturated heterocycles. The minimum Gasteiger partial charge on any atom is -0.399 e. The molecule has 108 valence electrons. The number of nitrogens with zero attached hydrogens (tertiary/aromatic N) is 3.